The number of non-ortho nitro benzene ring substituents is 1. The van der Waals surface area contributed by atoms with Crippen LogP contribution in [-0.2, 0) is 0 Å². The van der Waals surface area contributed by atoms with E-state index < -0.39 is 10.9 Å². The molecule has 0 radical (unpaired) electrons. The number of ether oxygens (including phenoxy) is 1. The van der Waals surface area contributed by atoms with E-state index in [-0.39, 0.29) is 16.9 Å². The van der Waals surface area contributed by atoms with Gasteiger partial charge in [-0.2, -0.15) is 0 Å². The van der Waals surface area contributed by atoms with Crippen LogP contribution >= 0.6 is 0 Å². The van der Waals surface area contributed by atoms with E-state index in [9.17, 15) is 20.0 Å². The van der Waals surface area contributed by atoms with Crippen LogP contribution in [0.3, 0.4) is 0 Å². The van der Waals surface area contributed by atoms with Crippen LogP contribution < -0.4 is 10.1 Å². The first-order valence-corrected chi connectivity index (χ1v) is 7.35. The molecule has 0 bridgehead atoms. The van der Waals surface area contributed by atoms with Crippen molar-refractivity contribution in [2.75, 3.05) is 12.4 Å². The average Bonchev–Trinajstić information content (AvgIpc) is 2.61. The van der Waals surface area contributed by atoms with E-state index in [1.807, 2.05) is 30.3 Å². The van der Waals surface area contributed by atoms with E-state index in [0.29, 0.717) is 11.4 Å². The number of carboxylic acids is 1. The second-order valence-corrected chi connectivity index (χ2v) is 5.28. The molecule has 0 aliphatic carbocycles. The predicted molar refractivity (Wildman–Crippen MR) is 93.8 cm³/mol. The van der Waals surface area contributed by atoms with Crippen LogP contribution in [-0.4, -0.2) is 23.1 Å². The minimum Gasteiger partial charge on any atom is -0.495 e. The van der Waals surface area contributed by atoms with Crippen LogP contribution in [0.2, 0.25) is 0 Å². The molecule has 0 unspecified atom stereocenters. The number of aromatic carboxylic acids is 1. The molecule has 0 saturated heterocycles. The number of fused-ring (bicyclic) bond motifs is 1. The maximum absolute atomic E-state index is 11.5. The van der Waals surface area contributed by atoms with Gasteiger partial charge in [0.05, 0.1) is 29.0 Å². The molecule has 2 N–H and O–H groups in total. The van der Waals surface area contributed by atoms with Crippen molar-refractivity contribution in [1.82, 2.24) is 0 Å². The Labute approximate surface area is 142 Å². The average molecular weight is 338 g/mol. The summed E-state index contributed by atoms with van der Waals surface area (Å²) in [5.41, 5.74) is 0.396. The number of benzene rings is 3. The van der Waals surface area contributed by atoms with Crippen molar-refractivity contribution >= 4 is 33.8 Å². The van der Waals surface area contributed by atoms with Crippen molar-refractivity contribution in [2.45, 2.75) is 0 Å². The molecule has 0 aliphatic rings. The topological polar surface area (TPSA) is 102 Å². The van der Waals surface area contributed by atoms with Crippen LogP contribution in [0.25, 0.3) is 10.8 Å². The minimum atomic E-state index is -1.18. The lowest BCUT2D eigenvalue weighted by molar-refractivity contribution is -0.384. The van der Waals surface area contributed by atoms with Crippen LogP contribution in [0.15, 0.2) is 54.6 Å². The highest BCUT2D eigenvalue weighted by Crippen LogP contribution is 2.37. The Morgan fingerprint density at radius 1 is 1.16 bits per heavy atom. The molecule has 0 amide bonds. The first-order chi connectivity index (χ1) is 12.0. The molecule has 0 fully saturated rings. The number of nitrogens with zero attached hydrogens (tertiary/aromatic N) is 1. The Bertz CT molecular complexity index is 984. The third kappa shape index (κ3) is 3.07. The van der Waals surface area contributed by atoms with Gasteiger partial charge in [0.25, 0.3) is 5.69 Å². The van der Waals surface area contributed by atoms with E-state index in [4.69, 9.17) is 4.74 Å². The molecule has 3 rings (SSSR count). The van der Waals surface area contributed by atoms with Crippen LogP contribution in [0.1, 0.15) is 10.4 Å². The molecule has 7 nitrogen and oxygen atoms in total. The van der Waals surface area contributed by atoms with Crippen molar-refractivity contribution in [1.29, 1.82) is 0 Å². The third-order valence-corrected chi connectivity index (χ3v) is 3.81. The van der Waals surface area contributed by atoms with E-state index in [1.165, 1.54) is 19.2 Å². The van der Waals surface area contributed by atoms with E-state index in [1.54, 1.807) is 6.07 Å². The number of anilines is 2. The minimum absolute atomic E-state index is 0.0689. The van der Waals surface area contributed by atoms with Gasteiger partial charge in [0.2, 0.25) is 0 Å². The molecule has 126 valence electrons. The number of hydrogen-bond acceptors (Lipinski definition) is 5. The summed E-state index contributed by atoms with van der Waals surface area (Å²) in [4.78, 5) is 21.9. The van der Waals surface area contributed by atoms with Gasteiger partial charge in [-0.1, -0.05) is 30.3 Å². The molecular weight excluding hydrogens is 324 g/mol. The lowest BCUT2D eigenvalue weighted by Crippen LogP contribution is -2.05. The van der Waals surface area contributed by atoms with Gasteiger partial charge in [-0.05, 0) is 17.5 Å². The first kappa shape index (κ1) is 16.3. The number of nitro benzene ring substituents is 1. The third-order valence-electron chi connectivity index (χ3n) is 3.81. The summed E-state index contributed by atoms with van der Waals surface area (Å²) >= 11 is 0. The number of hydrogen-bond donors (Lipinski definition) is 2. The Hall–Kier alpha value is -3.61. The second-order valence-electron chi connectivity index (χ2n) is 5.28. The van der Waals surface area contributed by atoms with E-state index >= 15 is 0 Å². The van der Waals surface area contributed by atoms with Crippen molar-refractivity contribution < 1.29 is 19.6 Å². The molecule has 0 heterocycles. The molecule has 0 aliphatic heterocycles. The van der Waals surface area contributed by atoms with Crippen LogP contribution in [0.4, 0.5) is 17.1 Å². The molecule has 3 aromatic rings. The fourth-order valence-corrected chi connectivity index (χ4v) is 2.62. The fourth-order valence-electron chi connectivity index (χ4n) is 2.62. The zero-order valence-corrected chi connectivity index (χ0v) is 13.2. The van der Waals surface area contributed by atoms with Gasteiger partial charge in [-0.3, -0.25) is 10.1 Å². The summed E-state index contributed by atoms with van der Waals surface area (Å²) < 4.78 is 5.36. The van der Waals surface area contributed by atoms with Gasteiger partial charge in [0.15, 0.2) is 0 Å². The Morgan fingerprint density at radius 3 is 2.60 bits per heavy atom. The number of carboxylic acid groups (broad SMARTS) is 1. The summed E-state index contributed by atoms with van der Waals surface area (Å²) in [7, 11) is 1.50. The fraction of sp³-hybridized carbons (Fsp3) is 0.0556. The number of methoxy groups -OCH3 is 1. The zero-order valence-electron chi connectivity index (χ0n) is 13.2. The van der Waals surface area contributed by atoms with Gasteiger partial charge in [0, 0.05) is 17.5 Å². The Kier molecular flexibility index (Phi) is 4.21. The van der Waals surface area contributed by atoms with Crippen LogP contribution in [0, 0.1) is 10.1 Å². The molecule has 0 atom stereocenters. The molecule has 7 heteroatoms. The quantitative estimate of drug-likeness (QED) is 0.534. The Balaban J connectivity index is 2.20. The van der Waals surface area contributed by atoms with Gasteiger partial charge >= 0.3 is 5.97 Å². The first-order valence-electron chi connectivity index (χ1n) is 7.35. The number of nitrogens with one attached hydrogen (secondary N) is 1. The summed E-state index contributed by atoms with van der Waals surface area (Å²) in [6.07, 6.45) is 0. The smallest absolute Gasteiger partial charge is 0.337 e. The van der Waals surface area contributed by atoms with Crippen molar-refractivity contribution in [3.63, 3.8) is 0 Å². The predicted octanol–water partition coefficient (Wildman–Crippen LogP) is 4.20. The van der Waals surface area contributed by atoms with Gasteiger partial charge in [-0.15, -0.1) is 0 Å². The normalized spacial score (nSPS) is 10.4. The van der Waals surface area contributed by atoms with Crippen LogP contribution in [0.5, 0.6) is 5.75 Å². The summed E-state index contributed by atoms with van der Waals surface area (Å²) in [6, 6.07) is 14.7. The second kappa shape index (κ2) is 6.48. The highest BCUT2D eigenvalue weighted by molar-refractivity contribution is 6.02. The van der Waals surface area contributed by atoms with E-state index in [0.717, 1.165) is 16.8 Å². The van der Waals surface area contributed by atoms with Crippen molar-refractivity contribution in [3.8, 4) is 5.75 Å². The number of nitro groups is 1. The SMILES string of the molecule is COc1ccc2ccccc2c1Nc1cc([N+](=O)[O-])ccc1C(=O)O. The Morgan fingerprint density at radius 2 is 1.92 bits per heavy atom. The van der Waals surface area contributed by atoms with Crippen molar-refractivity contribution in [3.05, 3.63) is 70.3 Å². The number of rotatable bonds is 5. The van der Waals surface area contributed by atoms with E-state index in [2.05, 4.69) is 5.32 Å². The lowest BCUT2D eigenvalue weighted by atomic mass is 10.1. The zero-order chi connectivity index (χ0) is 18.0. The monoisotopic (exact) mass is 338 g/mol. The molecule has 0 spiro atoms. The highest BCUT2D eigenvalue weighted by atomic mass is 16.6. The summed E-state index contributed by atoms with van der Waals surface area (Å²) in [5, 5.41) is 25.1. The van der Waals surface area contributed by atoms with Gasteiger partial charge in [-0.25, -0.2) is 4.79 Å². The van der Waals surface area contributed by atoms with Gasteiger partial charge < -0.3 is 15.2 Å². The molecule has 0 aromatic heterocycles. The summed E-state index contributed by atoms with van der Waals surface area (Å²) in [5.74, 6) is -0.682. The maximum atomic E-state index is 11.5. The largest absolute Gasteiger partial charge is 0.495 e. The molecule has 25 heavy (non-hydrogen) atoms. The van der Waals surface area contributed by atoms with Gasteiger partial charge in [0.1, 0.15) is 5.75 Å². The maximum Gasteiger partial charge on any atom is 0.337 e. The summed E-state index contributed by atoms with van der Waals surface area (Å²) in [6.45, 7) is 0. The van der Waals surface area contributed by atoms with Crippen molar-refractivity contribution in [2.24, 2.45) is 0 Å². The molecule has 3 aromatic carbocycles. The standard InChI is InChI=1S/C18H14N2O5/c1-25-16-9-6-11-4-2-3-5-13(11)17(16)19-15-10-12(20(23)24)7-8-14(15)18(21)22/h2-10,19H,1H3,(H,21,22). The molecular formula is C18H14N2O5. The number of carbonyl (C=O) groups is 1. The molecule has 0 saturated carbocycles. The lowest BCUT2D eigenvalue weighted by Gasteiger charge is -2.15. The highest BCUT2D eigenvalue weighted by Gasteiger charge is 2.18.